The lowest BCUT2D eigenvalue weighted by Gasteiger charge is -2.13. The van der Waals surface area contributed by atoms with Crippen LogP contribution in [0.3, 0.4) is 0 Å². The molecule has 2 rings (SSSR count). The van der Waals surface area contributed by atoms with Crippen LogP contribution in [-0.2, 0) is 6.54 Å². The maximum absolute atomic E-state index is 12.4. The standard InChI is InChI=1S/C9H12BF3NS/c11-10(12,13)9-4-3-8(15-9)7-14-5-1-2-6-14/h3-4H,1-2,5-7H2/q-1. The third-order valence-electron chi connectivity index (χ3n) is 2.58. The summed E-state index contributed by atoms with van der Waals surface area (Å²) in [4.78, 5) is 3.03. The van der Waals surface area contributed by atoms with Crippen molar-refractivity contribution in [2.45, 2.75) is 19.4 Å². The van der Waals surface area contributed by atoms with Gasteiger partial charge in [0.15, 0.2) is 0 Å². The summed E-state index contributed by atoms with van der Waals surface area (Å²) in [6.45, 7) is -2.09. The summed E-state index contributed by atoms with van der Waals surface area (Å²) < 4.78 is 36.7. The van der Waals surface area contributed by atoms with Crippen LogP contribution in [0.25, 0.3) is 0 Å². The van der Waals surface area contributed by atoms with Crippen molar-refractivity contribution < 1.29 is 12.9 Å². The molecule has 1 saturated heterocycles. The van der Waals surface area contributed by atoms with Gasteiger partial charge in [-0.1, -0.05) is 10.8 Å². The molecule has 0 amide bonds. The van der Waals surface area contributed by atoms with E-state index in [1.54, 1.807) is 6.07 Å². The lowest BCUT2D eigenvalue weighted by Crippen LogP contribution is -2.30. The molecule has 6 heteroatoms. The van der Waals surface area contributed by atoms with Gasteiger partial charge in [0, 0.05) is 11.4 Å². The first kappa shape index (κ1) is 11.0. The fourth-order valence-corrected chi connectivity index (χ4v) is 2.77. The SMILES string of the molecule is F[B-](F)(F)c1ccc(CN2CCCC2)s1. The Morgan fingerprint density at radius 1 is 1.20 bits per heavy atom. The molecule has 0 bridgehead atoms. The maximum atomic E-state index is 12.4. The molecule has 0 aliphatic carbocycles. The molecule has 15 heavy (non-hydrogen) atoms. The summed E-state index contributed by atoms with van der Waals surface area (Å²) in [6, 6.07) is 2.81. The quantitative estimate of drug-likeness (QED) is 0.726. The Kier molecular flexibility index (Phi) is 3.07. The van der Waals surface area contributed by atoms with Gasteiger partial charge in [-0.15, -0.1) is 0 Å². The van der Waals surface area contributed by atoms with Gasteiger partial charge >= 0.3 is 6.98 Å². The van der Waals surface area contributed by atoms with E-state index in [9.17, 15) is 12.9 Å². The van der Waals surface area contributed by atoms with Crippen LogP contribution >= 0.6 is 11.3 Å². The number of hydrogen-bond donors (Lipinski definition) is 0. The number of rotatable bonds is 3. The highest BCUT2D eigenvalue weighted by molar-refractivity contribution is 7.23. The number of halogens is 3. The van der Waals surface area contributed by atoms with Crippen molar-refractivity contribution in [3.8, 4) is 0 Å². The minimum Gasteiger partial charge on any atom is -0.444 e. The Bertz CT molecular complexity index is 330. The van der Waals surface area contributed by atoms with Crippen molar-refractivity contribution in [2.24, 2.45) is 0 Å². The van der Waals surface area contributed by atoms with Crippen LogP contribution in [-0.4, -0.2) is 25.0 Å². The van der Waals surface area contributed by atoms with Crippen LogP contribution in [0.15, 0.2) is 12.1 Å². The van der Waals surface area contributed by atoms with Crippen molar-refractivity contribution in [3.63, 3.8) is 0 Å². The van der Waals surface area contributed by atoms with Crippen LogP contribution in [0.2, 0.25) is 0 Å². The summed E-state index contributed by atoms with van der Waals surface area (Å²) in [5, 5.41) is 0. The average Bonchev–Trinajstić information content (AvgIpc) is 2.73. The molecule has 1 aliphatic rings. The third-order valence-corrected chi connectivity index (χ3v) is 3.75. The number of hydrogen-bond acceptors (Lipinski definition) is 2. The highest BCUT2D eigenvalue weighted by Crippen LogP contribution is 2.19. The summed E-state index contributed by atoms with van der Waals surface area (Å²) in [7, 11) is 0. The molecular weight excluding hydrogens is 222 g/mol. The Balaban J connectivity index is 2.00. The minimum atomic E-state index is -4.81. The van der Waals surface area contributed by atoms with Crippen molar-refractivity contribution in [3.05, 3.63) is 17.0 Å². The van der Waals surface area contributed by atoms with E-state index in [1.165, 1.54) is 18.9 Å². The largest absolute Gasteiger partial charge is 0.519 e. The lowest BCUT2D eigenvalue weighted by molar-refractivity contribution is 0.334. The van der Waals surface area contributed by atoms with Crippen molar-refractivity contribution in [1.82, 2.24) is 4.90 Å². The highest BCUT2D eigenvalue weighted by Gasteiger charge is 2.27. The lowest BCUT2D eigenvalue weighted by atomic mass is 9.90. The predicted octanol–water partition coefficient (Wildman–Crippen LogP) is 2.40. The van der Waals surface area contributed by atoms with Gasteiger partial charge in [0.25, 0.3) is 0 Å². The molecule has 0 N–H and O–H groups in total. The van der Waals surface area contributed by atoms with Crippen LogP contribution in [0.5, 0.6) is 0 Å². The molecule has 0 atom stereocenters. The van der Waals surface area contributed by atoms with Gasteiger partial charge in [0.2, 0.25) is 0 Å². The fraction of sp³-hybridized carbons (Fsp3) is 0.556. The Hall–Kier alpha value is -0.485. The first-order valence-electron chi connectivity index (χ1n) is 5.06. The van der Waals surface area contributed by atoms with E-state index in [2.05, 4.69) is 4.90 Å². The smallest absolute Gasteiger partial charge is 0.444 e. The van der Waals surface area contributed by atoms with E-state index in [0.29, 0.717) is 6.54 Å². The first-order chi connectivity index (χ1) is 7.05. The van der Waals surface area contributed by atoms with Crippen molar-refractivity contribution in [2.75, 3.05) is 13.1 Å². The zero-order valence-electron chi connectivity index (χ0n) is 8.26. The Morgan fingerprint density at radius 3 is 2.40 bits per heavy atom. The van der Waals surface area contributed by atoms with Gasteiger partial charge in [-0.05, 0) is 32.0 Å². The van der Waals surface area contributed by atoms with Crippen molar-refractivity contribution in [1.29, 1.82) is 0 Å². The van der Waals surface area contributed by atoms with Gasteiger partial charge in [0.1, 0.15) is 0 Å². The van der Waals surface area contributed by atoms with E-state index in [0.717, 1.165) is 29.3 Å². The zero-order chi connectivity index (χ0) is 10.9. The Labute approximate surface area is 91.0 Å². The summed E-state index contributed by atoms with van der Waals surface area (Å²) >= 11 is 0.888. The summed E-state index contributed by atoms with van der Waals surface area (Å²) in [6.07, 6.45) is 2.34. The topological polar surface area (TPSA) is 3.24 Å². The molecule has 0 spiro atoms. The predicted molar refractivity (Wildman–Crippen MR) is 57.5 cm³/mol. The van der Waals surface area contributed by atoms with Crippen molar-refractivity contribution >= 4 is 23.1 Å². The first-order valence-corrected chi connectivity index (χ1v) is 5.88. The second-order valence-corrected chi connectivity index (χ2v) is 5.06. The maximum Gasteiger partial charge on any atom is 0.519 e. The van der Waals surface area contributed by atoms with Gasteiger partial charge in [-0.2, -0.15) is 11.3 Å². The van der Waals surface area contributed by atoms with E-state index >= 15 is 0 Å². The van der Waals surface area contributed by atoms with E-state index in [1.807, 2.05) is 0 Å². The molecular formula is C9H12BF3NS-. The number of likely N-dealkylation sites (tertiary alicyclic amines) is 1. The van der Waals surface area contributed by atoms with Crippen LogP contribution < -0.4 is 4.78 Å². The summed E-state index contributed by atoms with van der Waals surface area (Å²) in [5.41, 5.74) is 0. The molecule has 0 unspecified atom stereocenters. The molecule has 1 fully saturated rings. The average molecular weight is 234 g/mol. The summed E-state index contributed by atoms with van der Waals surface area (Å²) in [5.74, 6) is 0. The fourth-order valence-electron chi connectivity index (χ4n) is 1.82. The second-order valence-electron chi connectivity index (χ2n) is 3.86. The number of nitrogens with zero attached hydrogens (tertiary/aromatic N) is 1. The monoisotopic (exact) mass is 234 g/mol. The second kappa shape index (κ2) is 4.18. The molecule has 0 radical (unpaired) electrons. The molecule has 0 saturated carbocycles. The van der Waals surface area contributed by atoms with Gasteiger partial charge < -0.3 is 12.9 Å². The van der Waals surface area contributed by atoms with E-state index < -0.39 is 11.8 Å². The number of thiophene rings is 1. The van der Waals surface area contributed by atoms with Crippen LogP contribution in [0.1, 0.15) is 17.7 Å². The van der Waals surface area contributed by atoms with Crippen LogP contribution in [0, 0.1) is 0 Å². The molecule has 0 aromatic carbocycles. The zero-order valence-corrected chi connectivity index (χ0v) is 9.07. The van der Waals surface area contributed by atoms with Gasteiger partial charge in [-0.3, -0.25) is 4.90 Å². The molecule has 2 heterocycles. The molecule has 1 nitrogen and oxygen atoms in total. The van der Waals surface area contributed by atoms with Gasteiger partial charge in [-0.25, -0.2) is 0 Å². The minimum absolute atomic E-state index is 0.427. The Morgan fingerprint density at radius 2 is 1.87 bits per heavy atom. The molecule has 1 aromatic rings. The van der Waals surface area contributed by atoms with Crippen LogP contribution in [0.4, 0.5) is 12.9 Å². The van der Waals surface area contributed by atoms with E-state index in [4.69, 9.17) is 0 Å². The third kappa shape index (κ3) is 2.75. The molecule has 84 valence electrons. The molecule has 1 aliphatic heterocycles. The molecule has 1 aromatic heterocycles. The van der Waals surface area contributed by atoms with Gasteiger partial charge in [0.05, 0.1) is 0 Å². The normalized spacial score (nSPS) is 18.6. The van der Waals surface area contributed by atoms with E-state index in [-0.39, 0.29) is 0 Å². The highest BCUT2D eigenvalue weighted by atomic mass is 32.1.